The Bertz CT molecular complexity index is 846. The van der Waals surface area contributed by atoms with Gasteiger partial charge in [0.1, 0.15) is 11.8 Å². The summed E-state index contributed by atoms with van der Waals surface area (Å²) in [7, 11) is 1.46. The van der Waals surface area contributed by atoms with Gasteiger partial charge in [-0.15, -0.1) is 0 Å². The smallest absolute Gasteiger partial charge is 0.259 e. The molecule has 2 aromatic rings. The van der Waals surface area contributed by atoms with Crippen LogP contribution in [0.3, 0.4) is 0 Å². The zero-order valence-corrected chi connectivity index (χ0v) is 15.5. The highest BCUT2D eigenvalue weighted by Gasteiger charge is 2.17. The second kappa shape index (κ2) is 8.97. The summed E-state index contributed by atoms with van der Waals surface area (Å²) in [5.41, 5.74) is 0.827. The van der Waals surface area contributed by atoms with Crippen LogP contribution in [0.15, 0.2) is 30.3 Å². The maximum Gasteiger partial charge on any atom is 0.259 e. The first-order chi connectivity index (χ1) is 12.5. The van der Waals surface area contributed by atoms with Gasteiger partial charge < -0.3 is 19.5 Å². The third-order valence-electron chi connectivity index (χ3n) is 3.46. The molecule has 0 radical (unpaired) electrons. The van der Waals surface area contributed by atoms with E-state index in [0.717, 1.165) is 0 Å². The van der Waals surface area contributed by atoms with Crippen molar-refractivity contribution in [2.75, 3.05) is 25.6 Å². The fraction of sp³-hybridized carbons (Fsp3) is 0.263. The van der Waals surface area contributed by atoms with Crippen LogP contribution in [0.4, 0.5) is 5.69 Å². The fourth-order valence-corrected chi connectivity index (χ4v) is 2.51. The van der Waals surface area contributed by atoms with E-state index >= 15 is 0 Å². The van der Waals surface area contributed by atoms with Gasteiger partial charge in [0.25, 0.3) is 5.91 Å². The van der Waals surface area contributed by atoms with Crippen molar-refractivity contribution in [3.63, 3.8) is 0 Å². The van der Waals surface area contributed by atoms with E-state index < -0.39 is 5.91 Å². The molecule has 0 aliphatic carbocycles. The van der Waals surface area contributed by atoms with Gasteiger partial charge in [0.15, 0.2) is 11.5 Å². The van der Waals surface area contributed by atoms with Gasteiger partial charge in [-0.05, 0) is 32.0 Å². The number of methoxy groups -OCH3 is 1. The standard InChI is InChI=1S/C19H19ClN2O4/c1-4-25-17-8-12(11-21)15(10-18(17)26-5-2)22-19(23)14-9-13(20)6-7-16(14)24-3/h6-10H,4-5H2,1-3H3,(H,22,23). The number of halogens is 1. The molecule has 0 aromatic heterocycles. The molecule has 2 rings (SSSR count). The normalized spacial score (nSPS) is 9.96. The van der Waals surface area contributed by atoms with Crippen LogP contribution in [0, 0.1) is 11.3 Å². The third-order valence-corrected chi connectivity index (χ3v) is 3.69. The topological polar surface area (TPSA) is 80.6 Å². The van der Waals surface area contributed by atoms with E-state index in [1.165, 1.54) is 13.2 Å². The number of nitrogens with one attached hydrogen (secondary N) is 1. The molecule has 26 heavy (non-hydrogen) atoms. The highest BCUT2D eigenvalue weighted by atomic mass is 35.5. The van der Waals surface area contributed by atoms with Crippen LogP contribution in [-0.2, 0) is 0 Å². The summed E-state index contributed by atoms with van der Waals surface area (Å²) in [5, 5.41) is 12.5. The molecule has 0 spiro atoms. The molecule has 0 heterocycles. The third kappa shape index (κ3) is 4.38. The van der Waals surface area contributed by atoms with Gasteiger partial charge >= 0.3 is 0 Å². The molecule has 6 nitrogen and oxygen atoms in total. The molecular formula is C19H19ClN2O4. The van der Waals surface area contributed by atoms with Crippen molar-refractivity contribution in [3.05, 3.63) is 46.5 Å². The number of amides is 1. The van der Waals surface area contributed by atoms with Crippen molar-refractivity contribution in [3.8, 4) is 23.3 Å². The van der Waals surface area contributed by atoms with Gasteiger partial charge in [-0.2, -0.15) is 5.26 Å². The highest BCUT2D eigenvalue weighted by molar-refractivity contribution is 6.31. The molecule has 1 N–H and O–H groups in total. The van der Waals surface area contributed by atoms with Gasteiger partial charge in [-0.25, -0.2) is 0 Å². The molecule has 0 aliphatic rings. The van der Waals surface area contributed by atoms with E-state index in [0.29, 0.717) is 41.2 Å². The Kier molecular flexibility index (Phi) is 6.70. The Morgan fingerprint density at radius 3 is 2.35 bits per heavy atom. The van der Waals surface area contributed by atoms with Crippen molar-refractivity contribution in [1.29, 1.82) is 5.26 Å². The molecule has 0 unspecified atom stereocenters. The number of anilines is 1. The van der Waals surface area contributed by atoms with E-state index in [9.17, 15) is 10.1 Å². The number of rotatable bonds is 7. The largest absolute Gasteiger partial charge is 0.496 e. The molecule has 0 aliphatic heterocycles. The van der Waals surface area contributed by atoms with Crippen LogP contribution in [0.25, 0.3) is 0 Å². The number of hydrogen-bond donors (Lipinski definition) is 1. The quantitative estimate of drug-likeness (QED) is 0.782. The Morgan fingerprint density at radius 2 is 1.77 bits per heavy atom. The molecule has 0 saturated carbocycles. The lowest BCUT2D eigenvalue weighted by molar-refractivity contribution is 0.102. The van der Waals surface area contributed by atoms with Crippen LogP contribution in [0.5, 0.6) is 17.2 Å². The fourth-order valence-electron chi connectivity index (χ4n) is 2.34. The number of carbonyl (C=O) groups excluding carboxylic acids is 1. The van der Waals surface area contributed by atoms with Gasteiger partial charge in [0.2, 0.25) is 0 Å². The predicted octanol–water partition coefficient (Wildman–Crippen LogP) is 4.27. The summed E-state index contributed by atoms with van der Waals surface area (Å²) in [4.78, 5) is 12.7. The first-order valence-corrected chi connectivity index (χ1v) is 8.40. The minimum absolute atomic E-state index is 0.256. The predicted molar refractivity (Wildman–Crippen MR) is 99.5 cm³/mol. The summed E-state index contributed by atoms with van der Waals surface area (Å²) in [6, 6.07) is 9.90. The Balaban J connectivity index is 2.42. The Labute approximate surface area is 157 Å². The van der Waals surface area contributed by atoms with Crippen LogP contribution in [0.1, 0.15) is 29.8 Å². The second-order valence-corrected chi connectivity index (χ2v) is 5.56. The highest BCUT2D eigenvalue weighted by Crippen LogP contribution is 2.34. The Morgan fingerprint density at radius 1 is 1.12 bits per heavy atom. The lowest BCUT2D eigenvalue weighted by Crippen LogP contribution is -2.14. The number of carbonyl (C=O) groups is 1. The molecule has 0 saturated heterocycles. The minimum Gasteiger partial charge on any atom is -0.496 e. The zero-order chi connectivity index (χ0) is 19.1. The van der Waals surface area contributed by atoms with Crippen LogP contribution in [0.2, 0.25) is 5.02 Å². The summed E-state index contributed by atoms with van der Waals surface area (Å²) >= 11 is 5.98. The number of hydrogen-bond acceptors (Lipinski definition) is 5. The summed E-state index contributed by atoms with van der Waals surface area (Å²) in [6.07, 6.45) is 0. The molecule has 1 amide bonds. The molecular weight excluding hydrogens is 356 g/mol. The van der Waals surface area contributed by atoms with Crippen molar-refractivity contribution >= 4 is 23.2 Å². The molecule has 0 atom stereocenters. The number of nitrogens with zero attached hydrogens (tertiary/aromatic N) is 1. The van der Waals surface area contributed by atoms with Crippen LogP contribution in [-0.4, -0.2) is 26.2 Å². The van der Waals surface area contributed by atoms with Crippen LogP contribution >= 0.6 is 11.6 Å². The van der Waals surface area contributed by atoms with E-state index in [4.69, 9.17) is 25.8 Å². The summed E-state index contributed by atoms with van der Waals surface area (Å²) < 4.78 is 16.3. The average Bonchev–Trinajstić information content (AvgIpc) is 2.63. The minimum atomic E-state index is -0.451. The van der Waals surface area contributed by atoms with Crippen molar-refractivity contribution < 1.29 is 19.0 Å². The van der Waals surface area contributed by atoms with Gasteiger partial charge in [-0.1, -0.05) is 11.6 Å². The van der Waals surface area contributed by atoms with E-state index in [-0.39, 0.29) is 11.1 Å². The monoisotopic (exact) mass is 374 g/mol. The van der Waals surface area contributed by atoms with Gasteiger partial charge in [-0.3, -0.25) is 4.79 Å². The Hall–Kier alpha value is -2.91. The molecule has 0 bridgehead atoms. The summed E-state index contributed by atoms with van der Waals surface area (Å²) in [5.74, 6) is 0.819. The van der Waals surface area contributed by atoms with E-state index in [2.05, 4.69) is 11.4 Å². The number of nitriles is 1. The molecule has 0 fully saturated rings. The zero-order valence-electron chi connectivity index (χ0n) is 14.8. The summed E-state index contributed by atoms with van der Waals surface area (Å²) in [6.45, 7) is 4.52. The number of ether oxygens (including phenoxy) is 3. The average molecular weight is 375 g/mol. The molecule has 2 aromatic carbocycles. The van der Waals surface area contributed by atoms with Crippen molar-refractivity contribution in [2.45, 2.75) is 13.8 Å². The van der Waals surface area contributed by atoms with Crippen LogP contribution < -0.4 is 19.5 Å². The molecule has 136 valence electrons. The number of benzene rings is 2. The maximum atomic E-state index is 12.7. The first-order valence-electron chi connectivity index (χ1n) is 8.02. The van der Waals surface area contributed by atoms with Gasteiger partial charge in [0, 0.05) is 17.2 Å². The van der Waals surface area contributed by atoms with Gasteiger partial charge in [0.05, 0.1) is 37.1 Å². The molecule has 7 heteroatoms. The SMILES string of the molecule is CCOc1cc(C#N)c(NC(=O)c2cc(Cl)ccc2OC)cc1OCC. The second-order valence-electron chi connectivity index (χ2n) is 5.12. The van der Waals surface area contributed by atoms with Crippen molar-refractivity contribution in [1.82, 2.24) is 0 Å². The lowest BCUT2D eigenvalue weighted by Gasteiger charge is -2.15. The van der Waals surface area contributed by atoms with Crippen molar-refractivity contribution in [2.24, 2.45) is 0 Å². The first kappa shape index (κ1) is 19.4. The lowest BCUT2D eigenvalue weighted by atomic mass is 10.1. The van der Waals surface area contributed by atoms with E-state index in [1.807, 2.05) is 13.8 Å². The van der Waals surface area contributed by atoms with E-state index in [1.54, 1.807) is 24.3 Å². The maximum absolute atomic E-state index is 12.7.